The summed E-state index contributed by atoms with van der Waals surface area (Å²) in [5.74, 6) is 1.87. The Labute approximate surface area is 181 Å². The fraction of sp³-hybridized carbons (Fsp3) is 0.217. The molecule has 0 atom stereocenters. The van der Waals surface area contributed by atoms with Crippen LogP contribution in [0, 0.1) is 6.92 Å². The van der Waals surface area contributed by atoms with Crippen LogP contribution < -0.4 is 19.5 Å². The topological polar surface area (TPSA) is 39.7 Å². The highest BCUT2D eigenvalue weighted by atomic mass is 35.5. The molecule has 0 saturated carbocycles. The standard InChI is InChI=1S/C23H23Cl2NO3/c1-15-6-4-5-7-16(15)14-29-23-12-19(24)17(10-22(23)28-3)13-26-18-8-9-21(27-2)20(25)11-18/h4-12,26H,13-14H2,1-3H3. The summed E-state index contributed by atoms with van der Waals surface area (Å²) in [6.45, 7) is 3.01. The zero-order valence-electron chi connectivity index (χ0n) is 16.6. The fourth-order valence-electron chi connectivity index (χ4n) is 2.89. The van der Waals surface area contributed by atoms with E-state index in [9.17, 15) is 0 Å². The second-order valence-electron chi connectivity index (χ2n) is 6.51. The van der Waals surface area contributed by atoms with Crippen LogP contribution in [0.15, 0.2) is 54.6 Å². The molecule has 0 spiro atoms. The maximum atomic E-state index is 6.49. The van der Waals surface area contributed by atoms with Gasteiger partial charge in [-0.1, -0.05) is 47.5 Å². The molecule has 0 aliphatic carbocycles. The summed E-state index contributed by atoms with van der Waals surface area (Å²) in [7, 11) is 3.20. The lowest BCUT2D eigenvalue weighted by Crippen LogP contribution is -2.03. The van der Waals surface area contributed by atoms with E-state index in [1.807, 2.05) is 42.5 Å². The van der Waals surface area contributed by atoms with Crippen LogP contribution in [0.1, 0.15) is 16.7 Å². The number of nitrogens with one attached hydrogen (secondary N) is 1. The molecule has 0 aliphatic rings. The van der Waals surface area contributed by atoms with Gasteiger partial charge < -0.3 is 19.5 Å². The number of anilines is 1. The van der Waals surface area contributed by atoms with Crippen LogP contribution in [0.2, 0.25) is 10.0 Å². The first-order valence-electron chi connectivity index (χ1n) is 9.13. The molecule has 0 fully saturated rings. The molecule has 29 heavy (non-hydrogen) atoms. The minimum absolute atomic E-state index is 0.446. The molecular formula is C23H23Cl2NO3. The summed E-state index contributed by atoms with van der Waals surface area (Å²) >= 11 is 12.7. The van der Waals surface area contributed by atoms with Crippen LogP contribution in [-0.4, -0.2) is 14.2 Å². The van der Waals surface area contributed by atoms with Crippen molar-refractivity contribution in [2.24, 2.45) is 0 Å². The van der Waals surface area contributed by atoms with Crippen LogP contribution in [0.5, 0.6) is 17.2 Å². The van der Waals surface area contributed by atoms with Gasteiger partial charge in [0.25, 0.3) is 0 Å². The van der Waals surface area contributed by atoms with E-state index in [2.05, 4.69) is 18.3 Å². The second-order valence-corrected chi connectivity index (χ2v) is 7.33. The highest BCUT2D eigenvalue weighted by Gasteiger charge is 2.12. The Morgan fingerprint density at radius 3 is 2.24 bits per heavy atom. The first kappa shape index (κ1) is 21.2. The van der Waals surface area contributed by atoms with Crippen LogP contribution >= 0.6 is 23.2 Å². The average molecular weight is 432 g/mol. The minimum Gasteiger partial charge on any atom is -0.495 e. The van der Waals surface area contributed by atoms with Gasteiger partial charge in [0.05, 0.1) is 19.2 Å². The minimum atomic E-state index is 0.446. The zero-order chi connectivity index (χ0) is 20.8. The summed E-state index contributed by atoms with van der Waals surface area (Å²) < 4.78 is 16.7. The summed E-state index contributed by atoms with van der Waals surface area (Å²) in [6.07, 6.45) is 0. The summed E-state index contributed by atoms with van der Waals surface area (Å²) in [5, 5.41) is 4.45. The SMILES string of the molecule is COc1ccc(NCc2cc(OC)c(OCc3ccccc3C)cc2Cl)cc1Cl. The third-order valence-electron chi connectivity index (χ3n) is 4.61. The summed E-state index contributed by atoms with van der Waals surface area (Å²) in [5.41, 5.74) is 4.05. The number of rotatable bonds is 8. The van der Waals surface area contributed by atoms with E-state index in [0.717, 1.165) is 16.8 Å². The van der Waals surface area contributed by atoms with Crippen molar-refractivity contribution in [1.82, 2.24) is 0 Å². The van der Waals surface area contributed by atoms with Crippen molar-refractivity contribution in [3.63, 3.8) is 0 Å². The van der Waals surface area contributed by atoms with Gasteiger partial charge in [-0.2, -0.15) is 0 Å². The predicted octanol–water partition coefficient (Wildman–Crippen LogP) is 6.51. The van der Waals surface area contributed by atoms with E-state index in [-0.39, 0.29) is 0 Å². The van der Waals surface area contributed by atoms with Crippen LogP contribution in [0.3, 0.4) is 0 Å². The van der Waals surface area contributed by atoms with Gasteiger partial charge in [0.15, 0.2) is 11.5 Å². The van der Waals surface area contributed by atoms with E-state index in [4.69, 9.17) is 37.4 Å². The van der Waals surface area contributed by atoms with Crippen molar-refractivity contribution in [1.29, 1.82) is 0 Å². The highest BCUT2D eigenvalue weighted by Crippen LogP contribution is 2.35. The molecular weight excluding hydrogens is 409 g/mol. The first-order chi connectivity index (χ1) is 14.0. The number of hydrogen-bond donors (Lipinski definition) is 1. The first-order valence-corrected chi connectivity index (χ1v) is 9.88. The second kappa shape index (κ2) is 9.77. The lowest BCUT2D eigenvalue weighted by atomic mass is 10.1. The lowest BCUT2D eigenvalue weighted by molar-refractivity contribution is 0.284. The number of halogens is 2. The van der Waals surface area contributed by atoms with Gasteiger partial charge in [-0.15, -0.1) is 0 Å². The van der Waals surface area contributed by atoms with Crippen molar-refractivity contribution in [3.05, 3.63) is 81.3 Å². The molecule has 0 aliphatic heterocycles. The monoisotopic (exact) mass is 431 g/mol. The van der Waals surface area contributed by atoms with Gasteiger partial charge in [-0.05, 0) is 47.9 Å². The molecule has 0 saturated heterocycles. The Morgan fingerprint density at radius 1 is 0.793 bits per heavy atom. The number of aryl methyl sites for hydroxylation is 1. The third kappa shape index (κ3) is 5.28. The quantitative estimate of drug-likeness (QED) is 0.441. The van der Waals surface area contributed by atoms with E-state index >= 15 is 0 Å². The molecule has 0 aromatic heterocycles. The van der Waals surface area contributed by atoms with Crippen molar-refractivity contribution in [3.8, 4) is 17.2 Å². The zero-order valence-corrected chi connectivity index (χ0v) is 18.1. The number of benzene rings is 3. The largest absolute Gasteiger partial charge is 0.495 e. The Kier molecular flexibility index (Phi) is 7.13. The highest BCUT2D eigenvalue weighted by molar-refractivity contribution is 6.32. The van der Waals surface area contributed by atoms with E-state index in [0.29, 0.717) is 40.4 Å². The Balaban J connectivity index is 1.72. The van der Waals surface area contributed by atoms with Gasteiger partial charge in [0.1, 0.15) is 12.4 Å². The smallest absolute Gasteiger partial charge is 0.163 e. The van der Waals surface area contributed by atoms with Gasteiger partial charge >= 0.3 is 0 Å². The molecule has 0 heterocycles. The molecule has 0 bridgehead atoms. The van der Waals surface area contributed by atoms with Crippen molar-refractivity contribution < 1.29 is 14.2 Å². The third-order valence-corrected chi connectivity index (χ3v) is 5.26. The predicted molar refractivity (Wildman–Crippen MR) is 119 cm³/mol. The molecule has 3 aromatic rings. The van der Waals surface area contributed by atoms with Crippen molar-refractivity contribution in [2.45, 2.75) is 20.1 Å². The van der Waals surface area contributed by atoms with Crippen molar-refractivity contribution in [2.75, 3.05) is 19.5 Å². The number of ether oxygens (including phenoxy) is 3. The van der Waals surface area contributed by atoms with Gasteiger partial charge in [0.2, 0.25) is 0 Å². The fourth-order valence-corrected chi connectivity index (χ4v) is 3.36. The van der Waals surface area contributed by atoms with Crippen molar-refractivity contribution >= 4 is 28.9 Å². The molecule has 6 heteroatoms. The Morgan fingerprint density at radius 2 is 1.55 bits per heavy atom. The van der Waals surface area contributed by atoms with Crippen LogP contribution in [0.25, 0.3) is 0 Å². The van der Waals surface area contributed by atoms with E-state index in [1.165, 1.54) is 5.56 Å². The summed E-state index contributed by atoms with van der Waals surface area (Å²) in [6, 6.07) is 17.3. The molecule has 3 rings (SSSR count). The molecule has 152 valence electrons. The molecule has 4 nitrogen and oxygen atoms in total. The van der Waals surface area contributed by atoms with E-state index < -0.39 is 0 Å². The lowest BCUT2D eigenvalue weighted by Gasteiger charge is -2.15. The normalized spacial score (nSPS) is 10.5. The maximum absolute atomic E-state index is 6.49. The van der Waals surface area contributed by atoms with E-state index in [1.54, 1.807) is 20.3 Å². The Hall–Kier alpha value is -2.56. The maximum Gasteiger partial charge on any atom is 0.163 e. The Bertz CT molecular complexity index is 992. The average Bonchev–Trinajstić information content (AvgIpc) is 2.72. The molecule has 0 amide bonds. The number of methoxy groups -OCH3 is 2. The molecule has 0 unspecified atom stereocenters. The molecule has 0 radical (unpaired) electrons. The summed E-state index contributed by atoms with van der Waals surface area (Å²) in [4.78, 5) is 0. The molecule has 3 aromatic carbocycles. The van der Waals surface area contributed by atoms with Gasteiger partial charge in [-0.3, -0.25) is 0 Å². The van der Waals surface area contributed by atoms with Gasteiger partial charge in [0, 0.05) is 23.3 Å². The molecule has 1 N–H and O–H groups in total. The van der Waals surface area contributed by atoms with Crippen LogP contribution in [-0.2, 0) is 13.2 Å². The van der Waals surface area contributed by atoms with Gasteiger partial charge in [-0.25, -0.2) is 0 Å². The van der Waals surface area contributed by atoms with Crippen LogP contribution in [0.4, 0.5) is 5.69 Å². The number of hydrogen-bond acceptors (Lipinski definition) is 4.